The Morgan fingerprint density at radius 1 is 0.824 bits per heavy atom. The molecule has 4 aliphatic carbocycles. The number of hydrogen-bond acceptors (Lipinski definition) is 4. The van der Waals surface area contributed by atoms with Crippen molar-refractivity contribution in [2.45, 2.75) is 148 Å². The van der Waals surface area contributed by atoms with Crippen LogP contribution in [0.4, 0.5) is 0 Å². The highest BCUT2D eigenvalue weighted by Gasteiger charge is 2.74. The lowest BCUT2D eigenvalue weighted by Crippen LogP contribution is -2.73. The van der Waals surface area contributed by atoms with Gasteiger partial charge in [-0.1, -0.05) is 47.5 Å². The fraction of sp³-hybridized carbons (Fsp3) is 1.00. The normalized spacial score (nSPS) is 50.3. The average molecular weight is 493 g/mol. The molecule has 1 saturated heterocycles. The molecule has 5 rings (SSSR count). The molecule has 0 N–H and O–H groups in total. The van der Waals surface area contributed by atoms with Crippen LogP contribution in [0.15, 0.2) is 0 Å². The molecule has 0 amide bonds. The van der Waals surface area contributed by atoms with Gasteiger partial charge in [0.1, 0.15) is 0 Å². The quantitative estimate of drug-likeness (QED) is 0.387. The van der Waals surface area contributed by atoms with Gasteiger partial charge < -0.3 is 18.6 Å². The Kier molecular flexibility index (Phi) is 5.88. The predicted octanol–water partition coefficient (Wildman–Crippen LogP) is 7.32. The monoisotopic (exact) mass is 492 g/mol. The van der Waals surface area contributed by atoms with Crippen LogP contribution in [0, 0.1) is 28.6 Å². The topological polar surface area (TPSA) is 36.9 Å². The largest absolute Gasteiger partial charge is 0.413 e. The summed E-state index contributed by atoms with van der Waals surface area (Å²) in [6.45, 7) is 21.3. The summed E-state index contributed by atoms with van der Waals surface area (Å²) in [7, 11) is 0.163. The van der Waals surface area contributed by atoms with Crippen LogP contribution in [-0.4, -0.2) is 45.1 Å². The smallest absolute Gasteiger partial charge is 0.192 e. The first-order valence-electron chi connectivity index (χ1n) is 14.2. The van der Waals surface area contributed by atoms with E-state index in [9.17, 15) is 0 Å². The van der Waals surface area contributed by atoms with Gasteiger partial charge in [-0.05, 0) is 87.8 Å². The summed E-state index contributed by atoms with van der Waals surface area (Å²) >= 11 is 0. The lowest BCUT2D eigenvalue weighted by molar-refractivity contribution is -0.285. The summed E-state index contributed by atoms with van der Waals surface area (Å²) in [5.41, 5.74) is 0.203. The van der Waals surface area contributed by atoms with Crippen LogP contribution in [0.1, 0.15) is 99.8 Å². The van der Waals surface area contributed by atoms with Gasteiger partial charge in [0.25, 0.3) is 0 Å². The Bertz CT molecular complexity index is 804. The van der Waals surface area contributed by atoms with Crippen molar-refractivity contribution in [2.75, 3.05) is 7.11 Å². The lowest BCUT2D eigenvalue weighted by atomic mass is 9.41. The van der Waals surface area contributed by atoms with Crippen molar-refractivity contribution >= 4 is 8.32 Å². The third kappa shape index (κ3) is 3.35. The van der Waals surface area contributed by atoms with Gasteiger partial charge in [0.2, 0.25) is 0 Å². The van der Waals surface area contributed by atoms with Crippen LogP contribution in [0.5, 0.6) is 0 Å². The van der Waals surface area contributed by atoms with Gasteiger partial charge in [-0.3, -0.25) is 0 Å². The molecule has 5 fully saturated rings. The van der Waals surface area contributed by atoms with Crippen LogP contribution in [-0.2, 0) is 18.6 Å². The summed E-state index contributed by atoms with van der Waals surface area (Å²) in [5, 5.41) is 0.234. The third-order valence-corrected chi connectivity index (χ3v) is 16.6. The number of fused-ring (bicyclic) bond motifs is 8. The first-order valence-corrected chi connectivity index (χ1v) is 17.1. The van der Waals surface area contributed by atoms with Crippen molar-refractivity contribution in [1.82, 2.24) is 0 Å². The predicted molar refractivity (Wildman–Crippen MR) is 139 cm³/mol. The zero-order chi connectivity index (χ0) is 24.9. The van der Waals surface area contributed by atoms with E-state index >= 15 is 0 Å². The van der Waals surface area contributed by atoms with Crippen molar-refractivity contribution < 1.29 is 18.6 Å². The van der Waals surface area contributed by atoms with Crippen LogP contribution < -0.4 is 0 Å². The van der Waals surface area contributed by atoms with E-state index in [1.54, 1.807) is 0 Å². The molecular weight excluding hydrogens is 440 g/mol. The zero-order valence-corrected chi connectivity index (χ0v) is 24.8. The molecule has 1 aliphatic heterocycles. The third-order valence-electron chi connectivity index (χ3n) is 12.1. The molecule has 34 heavy (non-hydrogen) atoms. The van der Waals surface area contributed by atoms with Crippen LogP contribution in [0.2, 0.25) is 18.1 Å². The maximum atomic E-state index is 7.19. The average Bonchev–Trinajstić information content (AvgIpc) is 3.22. The van der Waals surface area contributed by atoms with Gasteiger partial charge in [0.05, 0.1) is 23.9 Å². The molecule has 9 atom stereocenters. The highest BCUT2D eigenvalue weighted by atomic mass is 28.4. The first kappa shape index (κ1) is 25.7. The Morgan fingerprint density at radius 3 is 2.15 bits per heavy atom. The van der Waals surface area contributed by atoms with Crippen molar-refractivity contribution in [3.8, 4) is 0 Å². The van der Waals surface area contributed by atoms with E-state index in [1.807, 2.05) is 7.11 Å². The molecular formula is C29H52O4Si. The van der Waals surface area contributed by atoms with Crippen molar-refractivity contribution in [1.29, 1.82) is 0 Å². The van der Waals surface area contributed by atoms with E-state index in [0.29, 0.717) is 23.9 Å². The first-order chi connectivity index (χ1) is 15.6. The zero-order valence-electron chi connectivity index (χ0n) is 23.8. The molecule has 0 radical (unpaired) electrons. The molecule has 7 unspecified atom stereocenters. The molecule has 4 nitrogen and oxygen atoms in total. The van der Waals surface area contributed by atoms with Gasteiger partial charge in [0.15, 0.2) is 14.1 Å². The Balaban J connectivity index is 1.56. The molecule has 0 aromatic carbocycles. The second kappa shape index (κ2) is 7.79. The van der Waals surface area contributed by atoms with E-state index in [2.05, 4.69) is 61.6 Å². The SMILES string of the molecule is COC12CC[C@]3(C)C(O[Si](C)(C)C(C)(C)C)CCC3C1C1OC(C)(C)OC1C1CCCC[C@@]12C. The molecule has 0 bridgehead atoms. The summed E-state index contributed by atoms with van der Waals surface area (Å²) in [6.07, 6.45) is 10.5. The highest BCUT2D eigenvalue weighted by molar-refractivity contribution is 6.74. The van der Waals surface area contributed by atoms with E-state index < -0.39 is 14.1 Å². The molecule has 1 heterocycles. The molecule has 0 aromatic rings. The summed E-state index contributed by atoms with van der Waals surface area (Å²) in [5.74, 6) is 0.936. The van der Waals surface area contributed by atoms with Gasteiger partial charge in [-0.2, -0.15) is 0 Å². The molecule has 0 aromatic heterocycles. The maximum absolute atomic E-state index is 7.19. The van der Waals surface area contributed by atoms with E-state index in [0.717, 1.165) is 6.42 Å². The molecule has 5 aliphatic rings. The highest BCUT2D eigenvalue weighted by Crippen LogP contribution is 2.71. The Morgan fingerprint density at radius 2 is 1.50 bits per heavy atom. The summed E-state index contributed by atoms with van der Waals surface area (Å²) in [4.78, 5) is 0. The standard InChI is InChI=1S/C29H52O4Si/c1-25(2,3)34(9,10)33-21-15-14-19-22-24-23(31-26(4,5)32-24)20-13-11-12-16-28(20,7)29(22,30-8)18-17-27(19,21)6/h19-24H,11-18H2,1-10H3/t19?,20?,21?,22?,23?,24?,27-,28-,29?/m0/s1. The minimum absolute atomic E-state index is 0.126. The van der Waals surface area contributed by atoms with Gasteiger partial charge in [-0.25, -0.2) is 0 Å². The number of hydrogen-bond donors (Lipinski definition) is 0. The number of methoxy groups -OCH3 is 1. The van der Waals surface area contributed by atoms with Crippen LogP contribution in [0.25, 0.3) is 0 Å². The Labute approximate surface area is 210 Å². The minimum atomic E-state index is -1.84. The van der Waals surface area contributed by atoms with E-state index in [4.69, 9.17) is 18.6 Å². The van der Waals surface area contributed by atoms with Gasteiger partial charge in [0, 0.05) is 18.4 Å². The Hall–Kier alpha value is 0.0569. The van der Waals surface area contributed by atoms with E-state index in [1.165, 1.54) is 44.9 Å². The van der Waals surface area contributed by atoms with E-state index in [-0.39, 0.29) is 33.7 Å². The molecule has 196 valence electrons. The fourth-order valence-corrected chi connectivity index (χ4v) is 10.7. The number of rotatable bonds is 3. The molecule has 0 spiro atoms. The fourth-order valence-electron chi connectivity index (χ4n) is 9.29. The summed E-state index contributed by atoms with van der Waals surface area (Å²) < 4.78 is 27.6. The van der Waals surface area contributed by atoms with Gasteiger partial charge in [-0.15, -0.1) is 0 Å². The van der Waals surface area contributed by atoms with Crippen molar-refractivity contribution in [2.24, 2.45) is 28.6 Å². The number of ether oxygens (including phenoxy) is 3. The second-order valence-corrected chi connectivity index (χ2v) is 19.8. The van der Waals surface area contributed by atoms with Crippen molar-refractivity contribution in [3.63, 3.8) is 0 Å². The minimum Gasteiger partial charge on any atom is -0.413 e. The van der Waals surface area contributed by atoms with Crippen LogP contribution in [0.3, 0.4) is 0 Å². The summed E-state index contributed by atoms with van der Waals surface area (Å²) in [6, 6.07) is 0. The molecule has 4 saturated carbocycles. The lowest BCUT2D eigenvalue weighted by Gasteiger charge is -2.68. The second-order valence-electron chi connectivity index (χ2n) is 15.0. The van der Waals surface area contributed by atoms with Crippen molar-refractivity contribution in [3.05, 3.63) is 0 Å². The molecule has 5 heteroatoms. The van der Waals surface area contributed by atoms with Gasteiger partial charge >= 0.3 is 0 Å². The van der Waals surface area contributed by atoms with Crippen LogP contribution >= 0.6 is 0 Å². The maximum Gasteiger partial charge on any atom is 0.192 e.